The minimum atomic E-state index is -0.183. The van der Waals surface area contributed by atoms with Crippen molar-refractivity contribution < 1.29 is 4.79 Å². The van der Waals surface area contributed by atoms with Crippen molar-refractivity contribution in [3.05, 3.63) is 16.1 Å². The van der Waals surface area contributed by atoms with E-state index in [2.05, 4.69) is 15.7 Å². The molecule has 3 rings (SSSR count). The van der Waals surface area contributed by atoms with Crippen LogP contribution in [0.25, 0.3) is 0 Å². The molecular weight excluding hydrogens is 270 g/mol. The average molecular weight is 293 g/mol. The highest BCUT2D eigenvalue weighted by Crippen LogP contribution is 2.43. The Morgan fingerprint density at radius 3 is 2.80 bits per heavy atom. The monoisotopic (exact) mass is 293 g/mol. The molecule has 2 atom stereocenters. The summed E-state index contributed by atoms with van der Waals surface area (Å²) in [7, 11) is 0. The summed E-state index contributed by atoms with van der Waals surface area (Å²) in [5.41, 5.74) is 6.86. The Morgan fingerprint density at radius 1 is 1.45 bits per heavy atom. The van der Waals surface area contributed by atoms with Gasteiger partial charge in [-0.05, 0) is 45.4 Å². The number of aromatic nitrogens is 1. The summed E-state index contributed by atoms with van der Waals surface area (Å²) in [4.78, 5) is 17.1. The van der Waals surface area contributed by atoms with Crippen molar-refractivity contribution in [2.24, 2.45) is 11.7 Å². The van der Waals surface area contributed by atoms with E-state index in [-0.39, 0.29) is 23.4 Å². The van der Waals surface area contributed by atoms with Gasteiger partial charge in [-0.2, -0.15) is 0 Å². The summed E-state index contributed by atoms with van der Waals surface area (Å²) in [5, 5.41) is 6.45. The fourth-order valence-corrected chi connectivity index (χ4v) is 4.31. The zero-order valence-corrected chi connectivity index (χ0v) is 12.8. The second kappa shape index (κ2) is 5.45. The first-order valence-corrected chi connectivity index (χ1v) is 8.47. The highest BCUT2D eigenvalue weighted by molar-refractivity contribution is 7.09. The second-order valence-corrected chi connectivity index (χ2v) is 7.20. The topological polar surface area (TPSA) is 68.0 Å². The van der Waals surface area contributed by atoms with E-state index in [0.717, 1.165) is 49.2 Å². The van der Waals surface area contributed by atoms with E-state index in [0.29, 0.717) is 0 Å². The van der Waals surface area contributed by atoms with Gasteiger partial charge in [-0.1, -0.05) is 6.42 Å². The van der Waals surface area contributed by atoms with Crippen LogP contribution in [0.1, 0.15) is 55.6 Å². The fourth-order valence-electron chi connectivity index (χ4n) is 3.30. The number of hydrogen-bond donors (Lipinski definition) is 2. The predicted octanol–water partition coefficient (Wildman–Crippen LogP) is 2.46. The van der Waals surface area contributed by atoms with Gasteiger partial charge < -0.3 is 11.1 Å². The molecule has 2 fully saturated rings. The van der Waals surface area contributed by atoms with Crippen LogP contribution in [-0.2, 0) is 10.3 Å². The normalized spacial score (nSPS) is 28.7. The number of amides is 1. The van der Waals surface area contributed by atoms with E-state index in [4.69, 9.17) is 5.73 Å². The van der Waals surface area contributed by atoms with Crippen molar-refractivity contribution >= 4 is 17.2 Å². The standard InChI is InChI=1S/C15H23N3OS/c1-10-9-20-14(17-10)15(6-3-7-15)18-13(19)11-4-2-5-12(16)8-11/h9,11-12H,2-8,16H2,1H3,(H,18,19). The number of thiazole rings is 1. The molecule has 5 heteroatoms. The number of nitrogens with one attached hydrogen (secondary N) is 1. The maximum Gasteiger partial charge on any atom is 0.223 e. The van der Waals surface area contributed by atoms with Gasteiger partial charge in [0.1, 0.15) is 5.01 Å². The average Bonchev–Trinajstić information content (AvgIpc) is 2.80. The fraction of sp³-hybridized carbons (Fsp3) is 0.733. The van der Waals surface area contributed by atoms with Gasteiger partial charge in [0, 0.05) is 23.0 Å². The molecule has 2 saturated carbocycles. The number of nitrogens with two attached hydrogens (primary N) is 1. The largest absolute Gasteiger partial charge is 0.344 e. The second-order valence-electron chi connectivity index (χ2n) is 6.34. The Balaban J connectivity index is 1.70. The zero-order valence-electron chi connectivity index (χ0n) is 12.0. The number of hydrogen-bond acceptors (Lipinski definition) is 4. The van der Waals surface area contributed by atoms with Crippen LogP contribution >= 0.6 is 11.3 Å². The van der Waals surface area contributed by atoms with E-state index in [1.54, 1.807) is 11.3 Å². The van der Waals surface area contributed by atoms with E-state index >= 15 is 0 Å². The van der Waals surface area contributed by atoms with Crippen molar-refractivity contribution in [3.63, 3.8) is 0 Å². The summed E-state index contributed by atoms with van der Waals surface area (Å²) in [6.45, 7) is 2.01. The van der Waals surface area contributed by atoms with Crippen LogP contribution < -0.4 is 11.1 Å². The first-order valence-electron chi connectivity index (χ1n) is 7.59. The Morgan fingerprint density at radius 2 is 2.25 bits per heavy atom. The van der Waals surface area contributed by atoms with Gasteiger partial charge >= 0.3 is 0 Å². The molecule has 0 aliphatic heterocycles. The van der Waals surface area contributed by atoms with Crippen LogP contribution in [0.15, 0.2) is 5.38 Å². The van der Waals surface area contributed by atoms with Gasteiger partial charge in [-0.25, -0.2) is 4.98 Å². The molecule has 110 valence electrons. The van der Waals surface area contributed by atoms with Crippen molar-refractivity contribution in [2.45, 2.75) is 63.5 Å². The lowest BCUT2D eigenvalue weighted by Crippen LogP contribution is -2.53. The Bertz CT molecular complexity index is 495. The van der Waals surface area contributed by atoms with Crippen molar-refractivity contribution in [3.8, 4) is 0 Å². The molecule has 1 heterocycles. The summed E-state index contributed by atoms with van der Waals surface area (Å²) in [5.74, 6) is 0.282. The quantitative estimate of drug-likeness (QED) is 0.899. The van der Waals surface area contributed by atoms with Crippen LogP contribution in [0.4, 0.5) is 0 Å². The summed E-state index contributed by atoms with van der Waals surface area (Å²) < 4.78 is 0. The molecule has 20 heavy (non-hydrogen) atoms. The lowest BCUT2D eigenvalue weighted by atomic mass is 9.76. The van der Waals surface area contributed by atoms with E-state index in [9.17, 15) is 4.79 Å². The summed E-state index contributed by atoms with van der Waals surface area (Å²) >= 11 is 1.67. The Labute approximate surface area is 124 Å². The molecule has 1 aromatic rings. The molecule has 2 aliphatic carbocycles. The molecule has 4 nitrogen and oxygen atoms in total. The van der Waals surface area contributed by atoms with Gasteiger partial charge in [0.15, 0.2) is 0 Å². The van der Waals surface area contributed by atoms with Crippen molar-refractivity contribution in [1.29, 1.82) is 0 Å². The highest BCUT2D eigenvalue weighted by Gasteiger charge is 2.43. The van der Waals surface area contributed by atoms with Gasteiger partial charge in [0.2, 0.25) is 5.91 Å². The molecule has 0 aromatic carbocycles. The molecule has 2 unspecified atom stereocenters. The molecule has 1 amide bonds. The molecule has 0 spiro atoms. The lowest BCUT2D eigenvalue weighted by Gasteiger charge is -2.42. The van der Waals surface area contributed by atoms with Crippen LogP contribution in [0.3, 0.4) is 0 Å². The minimum absolute atomic E-state index is 0.0947. The van der Waals surface area contributed by atoms with Gasteiger partial charge in [-0.3, -0.25) is 4.79 Å². The minimum Gasteiger partial charge on any atom is -0.344 e. The molecule has 3 N–H and O–H groups in total. The van der Waals surface area contributed by atoms with Crippen LogP contribution in [0.5, 0.6) is 0 Å². The Hall–Kier alpha value is -0.940. The lowest BCUT2D eigenvalue weighted by molar-refractivity contribution is -0.129. The molecular formula is C15H23N3OS. The molecule has 0 bridgehead atoms. The number of carbonyl (C=O) groups excluding carboxylic acids is 1. The number of nitrogens with zero attached hydrogens (tertiary/aromatic N) is 1. The highest BCUT2D eigenvalue weighted by atomic mass is 32.1. The predicted molar refractivity (Wildman–Crippen MR) is 80.5 cm³/mol. The number of carbonyl (C=O) groups is 1. The maximum absolute atomic E-state index is 12.5. The smallest absolute Gasteiger partial charge is 0.223 e. The number of rotatable bonds is 3. The molecule has 0 saturated heterocycles. The maximum atomic E-state index is 12.5. The van der Waals surface area contributed by atoms with E-state index in [1.165, 1.54) is 6.42 Å². The van der Waals surface area contributed by atoms with Crippen LogP contribution in [-0.4, -0.2) is 16.9 Å². The third-order valence-corrected chi connectivity index (χ3v) is 5.85. The van der Waals surface area contributed by atoms with E-state index < -0.39 is 0 Å². The molecule has 2 aliphatic rings. The SMILES string of the molecule is Cc1csc(C2(NC(=O)C3CCCC(N)C3)CCC2)n1. The zero-order chi connectivity index (χ0) is 14.2. The van der Waals surface area contributed by atoms with Crippen LogP contribution in [0.2, 0.25) is 0 Å². The van der Waals surface area contributed by atoms with Crippen molar-refractivity contribution in [1.82, 2.24) is 10.3 Å². The molecule has 1 aromatic heterocycles. The van der Waals surface area contributed by atoms with Crippen LogP contribution in [0, 0.1) is 12.8 Å². The van der Waals surface area contributed by atoms with Gasteiger partial charge in [0.25, 0.3) is 0 Å². The molecule has 0 radical (unpaired) electrons. The summed E-state index contributed by atoms with van der Waals surface area (Å²) in [6.07, 6.45) is 7.15. The first kappa shape index (κ1) is 14.0. The first-order chi connectivity index (χ1) is 9.59. The summed E-state index contributed by atoms with van der Waals surface area (Å²) in [6, 6.07) is 0.193. The van der Waals surface area contributed by atoms with Gasteiger partial charge in [0.05, 0.1) is 5.54 Å². The third-order valence-electron chi connectivity index (χ3n) is 4.68. The van der Waals surface area contributed by atoms with Gasteiger partial charge in [-0.15, -0.1) is 11.3 Å². The van der Waals surface area contributed by atoms with E-state index in [1.807, 2.05) is 6.92 Å². The third kappa shape index (κ3) is 2.61. The van der Waals surface area contributed by atoms with Crippen molar-refractivity contribution in [2.75, 3.05) is 0 Å². The number of aryl methyl sites for hydroxylation is 1. The Kier molecular flexibility index (Phi) is 3.82.